The highest BCUT2D eigenvalue weighted by atomic mass is 79.9. The summed E-state index contributed by atoms with van der Waals surface area (Å²) in [5.74, 6) is -2.85. The summed E-state index contributed by atoms with van der Waals surface area (Å²) in [6, 6.07) is 0.824. The molecule has 0 atom stereocenters. The zero-order valence-electron chi connectivity index (χ0n) is 6.33. The third kappa shape index (κ3) is 2.38. The maximum atomic E-state index is 13.1. The van der Waals surface area contributed by atoms with E-state index in [1.165, 1.54) is 0 Å². The fraction of sp³-hybridized carbons (Fsp3) is 0.143. The van der Waals surface area contributed by atoms with E-state index in [2.05, 4.69) is 36.6 Å². The number of rotatable bonds is 2. The Hall–Kier alpha value is -0.300. The molecular formula is C7H2Br2F4O. The van der Waals surface area contributed by atoms with Gasteiger partial charge in [0.2, 0.25) is 0 Å². The van der Waals surface area contributed by atoms with Crippen LogP contribution in [0, 0.1) is 11.6 Å². The summed E-state index contributed by atoms with van der Waals surface area (Å²) in [5, 5.41) is 0. The molecule has 1 aromatic carbocycles. The minimum absolute atomic E-state index is 0.212. The number of hydrogen-bond acceptors (Lipinski definition) is 1. The molecule has 0 spiro atoms. The molecule has 0 aliphatic carbocycles. The summed E-state index contributed by atoms with van der Waals surface area (Å²) >= 11 is 5.26. The molecule has 1 aromatic rings. The molecule has 0 saturated carbocycles. The van der Waals surface area contributed by atoms with E-state index in [1.54, 1.807) is 0 Å². The minimum atomic E-state index is -3.17. The Kier molecular flexibility index (Phi) is 3.77. The highest BCUT2D eigenvalue weighted by molar-refractivity contribution is 9.11. The Bertz CT molecular complexity index is 356. The SMILES string of the molecule is Fc1cc(Br)c(OC(F)F)c(F)c1Br. The van der Waals surface area contributed by atoms with E-state index < -0.39 is 28.5 Å². The van der Waals surface area contributed by atoms with E-state index in [1.807, 2.05) is 0 Å². The van der Waals surface area contributed by atoms with Crippen LogP contribution in [0.5, 0.6) is 5.75 Å². The van der Waals surface area contributed by atoms with Gasteiger partial charge in [-0.15, -0.1) is 0 Å². The quantitative estimate of drug-likeness (QED) is 0.448. The summed E-state index contributed by atoms with van der Waals surface area (Å²) < 4.78 is 52.6. The van der Waals surface area contributed by atoms with E-state index in [-0.39, 0.29) is 4.47 Å². The first-order chi connectivity index (χ1) is 6.43. The molecule has 7 heteroatoms. The van der Waals surface area contributed by atoms with Gasteiger partial charge in [0.25, 0.3) is 0 Å². The van der Waals surface area contributed by atoms with Crippen molar-refractivity contribution in [3.8, 4) is 5.75 Å². The van der Waals surface area contributed by atoms with E-state index in [0.717, 1.165) is 6.07 Å². The van der Waals surface area contributed by atoms with Gasteiger partial charge < -0.3 is 4.74 Å². The van der Waals surface area contributed by atoms with E-state index in [4.69, 9.17) is 0 Å². The second kappa shape index (κ2) is 4.48. The molecule has 0 unspecified atom stereocenters. The molecule has 0 heterocycles. The standard InChI is InChI=1S/C7H2Br2F4O/c8-2-1-3(10)4(9)5(11)6(2)14-7(12)13/h1,7H. The molecule has 0 aromatic heterocycles. The summed E-state index contributed by atoms with van der Waals surface area (Å²) in [5.41, 5.74) is 0. The lowest BCUT2D eigenvalue weighted by Crippen LogP contribution is -2.05. The van der Waals surface area contributed by atoms with E-state index >= 15 is 0 Å². The number of ether oxygens (including phenoxy) is 1. The topological polar surface area (TPSA) is 9.23 Å². The maximum Gasteiger partial charge on any atom is 0.387 e. The highest BCUT2D eigenvalue weighted by Gasteiger charge is 2.19. The Labute approximate surface area is 93.3 Å². The first-order valence-corrected chi connectivity index (χ1v) is 4.80. The number of hydrogen-bond donors (Lipinski definition) is 0. The lowest BCUT2D eigenvalue weighted by Gasteiger charge is -2.09. The smallest absolute Gasteiger partial charge is 0.387 e. The number of alkyl halides is 2. The molecule has 78 valence electrons. The molecule has 0 amide bonds. The Morgan fingerprint density at radius 3 is 2.29 bits per heavy atom. The van der Waals surface area contributed by atoms with Crippen LogP contribution in [0.1, 0.15) is 0 Å². The van der Waals surface area contributed by atoms with Crippen LogP contribution in [-0.2, 0) is 0 Å². The zero-order chi connectivity index (χ0) is 10.9. The van der Waals surface area contributed by atoms with Crippen molar-refractivity contribution in [2.75, 3.05) is 0 Å². The normalized spacial score (nSPS) is 10.8. The number of halogens is 6. The first-order valence-electron chi connectivity index (χ1n) is 3.21. The Morgan fingerprint density at radius 2 is 1.79 bits per heavy atom. The second-order valence-electron chi connectivity index (χ2n) is 2.18. The Morgan fingerprint density at radius 1 is 1.21 bits per heavy atom. The van der Waals surface area contributed by atoms with Crippen molar-refractivity contribution in [2.24, 2.45) is 0 Å². The van der Waals surface area contributed by atoms with Crippen LogP contribution in [0.15, 0.2) is 15.0 Å². The van der Waals surface area contributed by atoms with E-state index in [0.29, 0.717) is 0 Å². The molecule has 0 radical (unpaired) electrons. The molecule has 0 aliphatic rings. The van der Waals surface area contributed by atoms with Gasteiger partial charge in [0.1, 0.15) is 5.82 Å². The maximum absolute atomic E-state index is 13.1. The van der Waals surface area contributed by atoms with Crippen LogP contribution >= 0.6 is 31.9 Å². The van der Waals surface area contributed by atoms with Crippen molar-refractivity contribution < 1.29 is 22.3 Å². The van der Waals surface area contributed by atoms with Crippen LogP contribution in [0.3, 0.4) is 0 Å². The van der Waals surface area contributed by atoms with Crippen molar-refractivity contribution in [2.45, 2.75) is 6.61 Å². The van der Waals surface area contributed by atoms with Crippen molar-refractivity contribution in [1.29, 1.82) is 0 Å². The molecular weight excluding hydrogens is 336 g/mol. The van der Waals surface area contributed by atoms with E-state index in [9.17, 15) is 17.6 Å². The predicted octanol–water partition coefficient (Wildman–Crippen LogP) is 4.09. The van der Waals surface area contributed by atoms with Gasteiger partial charge in [-0.2, -0.15) is 8.78 Å². The molecule has 0 fully saturated rings. The zero-order valence-corrected chi connectivity index (χ0v) is 9.50. The van der Waals surface area contributed by atoms with Crippen LogP contribution in [0.25, 0.3) is 0 Å². The lowest BCUT2D eigenvalue weighted by atomic mass is 10.3. The molecule has 0 N–H and O–H groups in total. The molecule has 0 bridgehead atoms. The van der Waals surface area contributed by atoms with Gasteiger partial charge in [-0.05, 0) is 37.9 Å². The van der Waals surface area contributed by atoms with Gasteiger partial charge in [0.05, 0.1) is 8.95 Å². The molecule has 14 heavy (non-hydrogen) atoms. The Balaban J connectivity index is 3.22. The first kappa shape index (κ1) is 11.8. The monoisotopic (exact) mass is 336 g/mol. The van der Waals surface area contributed by atoms with Crippen molar-refractivity contribution in [3.05, 3.63) is 26.6 Å². The lowest BCUT2D eigenvalue weighted by molar-refractivity contribution is -0.0528. The van der Waals surface area contributed by atoms with Gasteiger partial charge in [-0.25, -0.2) is 8.78 Å². The molecule has 1 nitrogen and oxygen atoms in total. The average Bonchev–Trinajstić information content (AvgIpc) is 2.09. The van der Waals surface area contributed by atoms with Gasteiger partial charge in [0, 0.05) is 0 Å². The van der Waals surface area contributed by atoms with Crippen LogP contribution in [-0.4, -0.2) is 6.61 Å². The molecule has 1 rings (SSSR count). The summed E-state index contributed by atoms with van der Waals surface area (Å²) in [6.45, 7) is -3.17. The highest BCUT2D eigenvalue weighted by Crippen LogP contribution is 2.35. The van der Waals surface area contributed by atoms with Gasteiger partial charge in [-0.3, -0.25) is 0 Å². The predicted molar refractivity (Wildman–Crippen MR) is 48.4 cm³/mol. The third-order valence-corrected chi connectivity index (χ3v) is 2.59. The molecule has 0 aliphatic heterocycles. The summed E-state index contributed by atoms with van der Waals surface area (Å²) in [7, 11) is 0. The molecule has 0 saturated heterocycles. The van der Waals surface area contributed by atoms with Crippen molar-refractivity contribution >= 4 is 31.9 Å². The summed E-state index contributed by atoms with van der Waals surface area (Å²) in [6.07, 6.45) is 0. The van der Waals surface area contributed by atoms with Gasteiger partial charge in [0.15, 0.2) is 11.6 Å². The minimum Gasteiger partial charge on any atom is -0.430 e. The van der Waals surface area contributed by atoms with Crippen molar-refractivity contribution in [3.63, 3.8) is 0 Å². The van der Waals surface area contributed by atoms with Crippen molar-refractivity contribution in [1.82, 2.24) is 0 Å². The third-order valence-electron chi connectivity index (χ3n) is 1.28. The number of benzene rings is 1. The second-order valence-corrected chi connectivity index (χ2v) is 3.82. The fourth-order valence-corrected chi connectivity index (χ4v) is 1.51. The van der Waals surface area contributed by atoms with Crippen LogP contribution in [0.2, 0.25) is 0 Å². The average molecular weight is 338 g/mol. The summed E-state index contributed by atoms with van der Waals surface area (Å²) in [4.78, 5) is 0. The van der Waals surface area contributed by atoms with Crippen LogP contribution < -0.4 is 4.74 Å². The van der Waals surface area contributed by atoms with Gasteiger partial charge >= 0.3 is 6.61 Å². The largest absolute Gasteiger partial charge is 0.430 e. The van der Waals surface area contributed by atoms with Crippen LogP contribution in [0.4, 0.5) is 17.6 Å². The van der Waals surface area contributed by atoms with Gasteiger partial charge in [-0.1, -0.05) is 0 Å². The fourth-order valence-electron chi connectivity index (χ4n) is 0.747.